The van der Waals surface area contributed by atoms with Crippen LogP contribution in [0.15, 0.2) is 29.6 Å². The minimum Gasteiger partial charge on any atom is -0.497 e. The number of rotatable bonds is 5. The predicted octanol–water partition coefficient (Wildman–Crippen LogP) is 3.65. The summed E-state index contributed by atoms with van der Waals surface area (Å²) in [5.74, 6) is -0.266. The summed E-state index contributed by atoms with van der Waals surface area (Å²) in [6.07, 6.45) is 0. The first-order valence-electron chi connectivity index (χ1n) is 6.60. The van der Waals surface area contributed by atoms with Crippen molar-refractivity contribution in [2.45, 2.75) is 19.8 Å². The van der Waals surface area contributed by atoms with Gasteiger partial charge in [0.1, 0.15) is 10.8 Å². The lowest BCUT2D eigenvalue weighted by Gasteiger charge is -2.07. The first-order valence-corrected chi connectivity index (χ1v) is 7.48. The maximum atomic E-state index is 12.0. The van der Waals surface area contributed by atoms with Gasteiger partial charge < -0.3 is 4.74 Å². The fourth-order valence-electron chi connectivity index (χ4n) is 1.89. The first kappa shape index (κ1) is 15.2. The van der Waals surface area contributed by atoms with Crippen molar-refractivity contribution in [1.82, 2.24) is 4.98 Å². The second-order valence-electron chi connectivity index (χ2n) is 4.92. The van der Waals surface area contributed by atoms with Crippen LogP contribution in [0.5, 0.6) is 5.75 Å². The van der Waals surface area contributed by atoms with Gasteiger partial charge in [-0.3, -0.25) is 4.79 Å². The fourth-order valence-corrected chi connectivity index (χ4v) is 2.77. The molecule has 0 aliphatic rings. The molecule has 0 N–H and O–H groups in total. The highest BCUT2D eigenvalue weighted by Crippen LogP contribution is 2.29. The number of aromatic nitrogens is 1. The smallest absolute Gasteiger partial charge is 0.159 e. The van der Waals surface area contributed by atoms with Crippen molar-refractivity contribution in [2.75, 3.05) is 7.11 Å². The molecule has 108 valence electrons. The Morgan fingerprint density at radius 2 is 2.00 bits per heavy atom. The average Bonchev–Trinajstić information content (AvgIpc) is 2.97. The highest BCUT2D eigenvalue weighted by molar-refractivity contribution is 7.10. The van der Waals surface area contributed by atoms with Gasteiger partial charge in [0.15, 0.2) is 11.7 Å². The molecular formula is C16H16N2O2S. The number of hydrogen-bond donors (Lipinski definition) is 0. The van der Waals surface area contributed by atoms with E-state index < -0.39 is 5.92 Å². The van der Waals surface area contributed by atoms with E-state index in [2.05, 4.69) is 11.1 Å². The number of ether oxygens (including phenoxy) is 1. The van der Waals surface area contributed by atoms with E-state index in [1.165, 1.54) is 11.3 Å². The lowest BCUT2D eigenvalue weighted by Crippen LogP contribution is -2.16. The Bertz CT molecular complexity index is 668. The quantitative estimate of drug-likeness (QED) is 0.845. The molecule has 5 heteroatoms. The summed E-state index contributed by atoms with van der Waals surface area (Å²) in [6.45, 7) is 3.59. The number of ketones is 1. The number of benzene rings is 1. The van der Waals surface area contributed by atoms with Crippen LogP contribution >= 0.6 is 11.3 Å². The maximum Gasteiger partial charge on any atom is 0.159 e. The van der Waals surface area contributed by atoms with Gasteiger partial charge in [0.2, 0.25) is 0 Å². The summed E-state index contributed by atoms with van der Waals surface area (Å²) >= 11 is 1.35. The van der Waals surface area contributed by atoms with Crippen LogP contribution in [0.3, 0.4) is 0 Å². The molecule has 0 amide bonds. The van der Waals surface area contributed by atoms with Gasteiger partial charge in [-0.1, -0.05) is 13.8 Å². The lowest BCUT2D eigenvalue weighted by molar-refractivity contribution is -0.122. The molecule has 4 nitrogen and oxygen atoms in total. The SMILES string of the molecule is COc1ccc(-c2csc(C(C#N)C(=O)C(C)C)n2)cc1. The highest BCUT2D eigenvalue weighted by Gasteiger charge is 2.25. The Balaban J connectivity index is 2.28. The minimum absolute atomic E-state index is 0.0897. The summed E-state index contributed by atoms with van der Waals surface area (Å²) in [5, 5.41) is 11.7. The molecule has 1 heterocycles. The van der Waals surface area contributed by atoms with Crippen LogP contribution in [0.25, 0.3) is 11.3 Å². The molecule has 1 unspecified atom stereocenters. The van der Waals surface area contributed by atoms with Crippen LogP contribution in [0.4, 0.5) is 0 Å². The summed E-state index contributed by atoms with van der Waals surface area (Å²) in [4.78, 5) is 16.5. The first-order chi connectivity index (χ1) is 10.1. The molecule has 2 rings (SSSR count). The topological polar surface area (TPSA) is 63.0 Å². The van der Waals surface area contributed by atoms with E-state index in [0.717, 1.165) is 17.0 Å². The van der Waals surface area contributed by atoms with E-state index in [0.29, 0.717) is 5.01 Å². The standard InChI is InChI=1S/C16H16N2O2S/c1-10(2)15(19)13(8-17)16-18-14(9-21-16)11-4-6-12(20-3)7-5-11/h4-7,9-10,13H,1-3H3. The van der Waals surface area contributed by atoms with Gasteiger partial charge in [0.05, 0.1) is 18.9 Å². The largest absolute Gasteiger partial charge is 0.497 e. The van der Waals surface area contributed by atoms with E-state index in [-0.39, 0.29) is 11.7 Å². The highest BCUT2D eigenvalue weighted by atomic mass is 32.1. The molecule has 0 bridgehead atoms. The zero-order valence-corrected chi connectivity index (χ0v) is 13.0. The molecule has 0 aliphatic heterocycles. The van der Waals surface area contributed by atoms with Crippen LogP contribution in [0.2, 0.25) is 0 Å². The molecule has 0 radical (unpaired) electrons. The molecule has 21 heavy (non-hydrogen) atoms. The number of hydrogen-bond acceptors (Lipinski definition) is 5. The van der Waals surface area contributed by atoms with Crippen molar-refractivity contribution >= 4 is 17.1 Å². The van der Waals surface area contributed by atoms with Crippen molar-refractivity contribution in [3.05, 3.63) is 34.7 Å². The van der Waals surface area contributed by atoms with E-state index >= 15 is 0 Å². The molecule has 1 atom stereocenters. The van der Waals surface area contributed by atoms with Gasteiger partial charge in [0, 0.05) is 16.9 Å². The predicted molar refractivity (Wildman–Crippen MR) is 82.3 cm³/mol. The van der Waals surface area contributed by atoms with Crippen LogP contribution in [0.1, 0.15) is 24.8 Å². The Morgan fingerprint density at radius 3 is 2.52 bits per heavy atom. The number of carbonyl (C=O) groups excluding carboxylic acids is 1. The van der Waals surface area contributed by atoms with Crippen molar-refractivity contribution in [2.24, 2.45) is 5.92 Å². The molecule has 0 spiro atoms. The molecule has 2 aromatic rings. The van der Waals surface area contributed by atoms with Crippen LogP contribution in [0, 0.1) is 17.2 Å². The zero-order chi connectivity index (χ0) is 15.4. The van der Waals surface area contributed by atoms with Gasteiger partial charge in [-0.15, -0.1) is 11.3 Å². The molecule has 1 aromatic heterocycles. The monoisotopic (exact) mass is 300 g/mol. The average molecular weight is 300 g/mol. The minimum atomic E-state index is -0.776. The Labute approximate surface area is 128 Å². The molecular weight excluding hydrogens is 284 g/mol. The van der Waals surface area contributed by atoms with Gasteiger partial charge >= 0.3 is 0 Å². The summed E-state index contributed by atoms with van der Waals surface area (Å²) in [5.41, 5.74) is 1.71. The van der Waals surface area contributed by atoms with Crippen LogP contribution in [-0.2, 0) is 4.79 Å². The summed E-state index contributed by atoms with van der Waals surface area (Å²) in [7, 11) is 1.62. The van der Waals surface area contributed by atoms with E-state index in [1.807, 2.05) is 29.6 Å². The van der Waals surface area contributed by atoms with Gasteiger partial charge in [-0.05, 0) is 24.3 Å². The maximum absolute atomic E-state index is 12.0. The Morgan fingerprint density at radius 1 is 1.33 bits per heavy atom. The van der Waals surface area contributed by atoms with E-state index in [1.54, 1.807) is 21.0 Å². The second kappa shape index (κ2) is 6.51. The number of nitriles is 1. The van der Waals surface area contributed by atoms with Crippen molar-refractivity contribution in [1.29, 1.82) is 5.26 Å². The van der Waals surface area contributed by atoms with Gasteiger partial charge in [0.25, 0.3) is 0 Å². The molecule has 0 aliphatic carbocycles. The number of thiazole rings is 1. The zero-order valence-electron chi connectivity index (χ0n) is 12.2. The fraction of sp³-hybridized carbons (Fsp3) is 0.312. The van der Waals surface area contributed by atoms with Gasteiger partial charge in [-0.25, -0.2) is 4.98 Å². The number of Topliss-reactive ketones (excluding diaryl/α,β-unsaturated/α-hetero) is 1. The van der Waals surface area contributed by atoms with Crippen LogP contribution < -0.4 is 4.74 Å². The third-order valence-corrected chi connectivity index (χ3v) is 4.05. The molecule has 0 fully saturated rings. The molecule has 1 aromatic carbocycles. The normalized spacial score (nSPS) is 12.0. The summed E-state index contributed by atoms with van der Waals surface area (Å²) < 4.78 is 5.12. The van der Waals surface area contributed by atoms with Crippen molar-refractivity contribution in [3.63, 3.8) is 0 Å². The second-order valence-corrected chi connectivity index (χ2v) is 5.81. The van der Waals surface area contributed by atoms with E-state index in [4.69, 9.17) is 4.74 Å². The Hall–Kier alpha value is -2.19. The van der Waals surface area contributed by atoms with Crippen molar-refractivity contribution < 1.29 is 9.53 Å². The van der Waals surface area contributed by atoms with Gasteiger partial charge in [-0.2, -0.15) is 5.26 Å². The summed E-state index contributed by atoms with van der Waals surface area (Å²) in [6, 6.07) is 9.59. The number of carbonyl (C=O) groups is 1. The molecule has 0 saturated heterocycles. The lowest BCUT2D eigenvalue weighted by atomic mass is 9.97. The Kier molecular flexibility index (Phi) is 4.71. The molecule has 0 saturated carbocycles. The number of methoxy groups -OCH3 is 1. The third-order valence-electron chi connectivity index (χ3n) is 3.14. The van der Waals surface area contributed by atoms with E-state index in [9.17, 15) is 10.1 Å². The van der Waals surface area contributed by atoms with Crippen molar-refractivity contribution in [3.8, 4) is 23.1 Å². The number of nitrogens with zero attached hydrogens (tertiary/aromatic N) is 2. The third kappa shape index (κ3) is 3.29. The van der Waals surface area contributed by atoms with Crippen LogP contribution in [-0.4, -0.2) is 17.9 Å².